The number of carbonyl (C=O) groups is 2. The smallest absolute Gasteiger partial charge is 0.305 e. The first-order valence-electron chi connectivity index (χ1n) is 5.91. The normalized spacial score (nSPS) is 10.7. The number of hydrogen-bond acceptors (Lipinski definition) is 5. The molecule has 0 bridgehead atoms. The fraction of sp³-hybridized carbons (Fsp3) is 0.583. The van der Waals surface area contributed by atoms with E-state index >= 15 is 0 Å². The third kappa shape index (κ3) is 4.60. The van der Waals surface area contributed by atoms with E-state index in [0.717, 1.165) is 5.01 Å². The van der Waals surface area contributed by atoms with Crippen molar-refractivity contribution in [2.75, 3.05) is 13.7 Å². The molecule has 0 aromatic carbocycles. The first-order valence-corrected chi connectivity index (χ1v) is 6.79. The van der Waals surface area contributed by atoms with Crippen LogP contribution in [0, 0.1) is 0 Å². The van der Waals surface area contributed by atoms with Gasteiger partial charge in [-0.1, -0.05) is 0 Å². The summed E-state index contributed by atoms with van der Waals surface area (Å²) < 4.78 is 4.95. The minimum absolute atomic E-state index is 0.0700. The zero-order chi connectivity index (χ0) is 14.4. The van der Waals surface area contributed by atoms with E-state index in [1.54, 1.807) is 12.5 Å². The molecule has 1 N–H and O–H groups in total. The van der Waals surface area contributed by atoms with Gasteiger partial charge in [0, 0.05) is 25.1 Å². The van der Waals surface area contributed by atoms with Crippen molar-refractivity contribution in [3.63, 3.8) is 0 Å². The van der Waals surface area contributed by atoms with Crippen LogP contribution in [0.2, 0.25) is 0 Å². The molecule has 6 nitrogen and oxygen atoms in total. The molecule has 0 spiro atoms. The van der Waals surface area contributed by atoms with E-state index in [0.29, 0.717) is 12.3 Å². The van der Waals surface area contributed by atoms with Crippen LogP contribution in [-0.4, -0.2) is 46.6 Å². The molecule has 0 unspecified atom stereocenters. The molecule has 1 rings (SSSR count). The third-order valence-electron chi connectivity index (χ3n) is 2.49. The number of carboxylic acid groups (broad SMARTS) is 1. The van der Waals surface area contributed by atoms with Crippen molar-refractivity contribution in [1.29, 1.82) is 0 Å². The third-order valence-corrected chi connectivity index (χ3v) is 3.31. The maximum Gasteiger partial charge on any atom is 0.305 e. The van der Waals surface area contributed by atoms with Crippen molar-refractivity contribution in [3.8, 4) is 0 Å². The molecule has 1 amide bonds. The van der Waals surface area contributed by atoms with Gasteiger partial charge < -0.3 is 14.7 Å². The lowest BCUT2D eigenvalue weighted by molar-refractivity contribution is -0.137. The molecule has 0 aliphatic heterocycles. The molecule has 1 heterocycles. The minimum atomic E-state index is -0.920. The van der Waals surface area contributed by atoms with Gasteiger partial charge in [0.1, 0.15) is 10.7 Å². The Morgan fingerprint density at radius 1 is 1.53 bits per heavy atom. The number of aliphatic carboxylic acids is 1. The second-order valence-electron chi connectivity index (χ2n) is 4.30. The van der Waals surface area contributed by atoms with E-state index in [1.807, 2.05) is 13.8 Å². The summed E-state index contributed by atoms with van der Waals surface area (Å²) in [5, 5.41) is 11.1. The Hall–Kier alpha value is -1.47. The Labute approximate surface area is 116 Å². The summed E-state index contributed by atoms with van der Waals surface area (Å²) in [6.45, 7) is 4.25. The number of carbonyl (C=O) groups excluding carboxylic acids is 1. The van der Waals surface area contributed by atoms with Crippen LogP contribution in [0.4, 0.5) is 0 Å². The average Bonchev–Trinajstić information content (AvgIpc) is 2.77. The number of methoxy groups -OCH3 is 1. The fourth-order valence-corrected chi connectivity index (χ4v) is 2.29. The number of hydrogen-bond donors (Lipinski definition) is 1. The number of aromatic nitrogens is 1. The Morgan fingerprint density at radius 2 is 2.21 bits per heavy atom. The molecule has 19 heavy (non-hydrogen) atoms. The first-order chi connectivity index (χ1) is 8.95. The summed E-state index contributed by atoms with van der Waals surface area (Å²) in [6.07, 6.45) is -0.0705. The minimum Gasteiger partial charge on any atom is -0.481 e. The average molecular weight is 286 g/mol. The van der Waals surface area contributed by atoms with Crippen molar-refractivity contribution in [1.82, 2.24) is 9.88 Å². The number of carboxylic acids is 1. The standard InChI is InChI=1S/C12H18N2O4S/c1-8(2)14(5-4-11(15)16)12(17)9-7-19-10(13-9)6-18-3/h7-8H,4-6H2,1-3H3,(H,15,16). The summed E-state index contributed by atoms with van der Waals surface area (Å²) in [7, 11) is 1.57. The molecule has 0 saturated heterocycles. The van der Waals surface area contributed by atoms with E-state index in [9.17, 15) is 9.59 Å². The lowest BCUT2D eigenvalue weighted by atomic mass is 10.2. The van der Waals surface area contributed by atoms with Crippen LogP contribution in [0.15, 0.2) is 5.38 Å². The van der Waals surface area contributed by atoms with Gasteiger partial charge in [0.05, 0.1) is 13.0 Å². The molecule has 1 aromatic rings. The zero-order valence-electron chi connectivity index (χ0n) is 11.3. The van der Waals surface area contributed by atoms with Gasteiger partial charge in [-0.25, -0.2) is 4.98 Å². The van der Waals surface area contributed by atoms with Crippen LogP contribution in [0.25, 0.3) is 0 Å². The number of nitrogens with zero attached hydrogens (tertiary/aromatic N) is 2. The zero-order valence-corrected chi connectivity index (χ0v) is 12.1. The van der Waals surface area contributed by atoms with Gasteiger partial charge in [-0.05, 0) is 13.8 Å². The van der Waals surface area contributed by atoms with Crippen molar-refractivity contribution in [2.45, 2.75) is 32.9 Å². The Kier molecular flexibility index (Phi) is 5.91. The predicted octanol–water partition coefficient (Wildman–Crippen LogP) is 1.61. The molecule has 1 aromatic heterocycles. The molecular weight excluding hydrogens is 268 g/mol. The second kappa shape index (κ2) is 7.20. The largest absolute Gasteiger partial charge is 0.481 e. The van der Waals surface area contributed by atoms with Gasteiger partial charge in [-0.15, -0.1) is 11.3 Å². The highest BCUT2D eigenvalue weighted by atomic mass is 32.1. The highest BCUT2D eigenvalue weighted by Gasteiger charge is 2.21. The molecule has 106 valence electrons. The lowest BCUT2D eigenvalue weighted by Crippen LogP contribution is -2.38. The van der Waals surface area contributed by atoms with Gasteiger partial charge in [-0.3, -0.25) is 9.59 Å². The van der Waals surface area contributed by atoms with Gasteiger partial charge in [0.25, 0.3) is 5.91 Å². The highest BCUT2D eigenvalue weighted by molar-refractivity contribution is 7.09. The van der Waals surface area contributed by atoms with E-state index < -0.39 is 5.97 Å². The summed E-state index contributed by atoms with van der Waals surface area (Å²) >= 11 is 1.36. The molecule has 0 atom stereocenters. The van der Waals surface area contributed by atoms with E-state index in [2.05, 4.69) is 4.98 Å². The van der Waals surface area contributed by atoms with Crippen LogP contribution in [-0.2, 0) is 16.1 Å². The van der Waals surface area contributed by atoms with Crippen molar-refractivity contribution < 1.29 is 19.4 Å². The molecule has 0 fully saturated rings. The van der Waals surface area contributed by atoms with Crippen molar-refractivity contribution in [3.05, 3.63) is 16.1 Å². The molecular formula is C12H18N2O4S. The summed E-state index contributed by atoms with van der Waals surface area (Å²) in [4.78, 5) is 28.6. The topological polar surface area (TPSA) is 79.7 Å². The maximum absolute atomic E-state index is 12.3. The quantitative estimate of drug-likeness (QED) is 0.823. The Balaban J connectivity index is 2.77. The number of rotatable bonds is 7. The van der Waals surface area contributed by atoms with Crippen LogP contribution >= 0.6 is 11.3 Å². The fourth-order valence-electron chi connectivity index (χ4n) is 1.56. The Morgan fingerprint density at radius 3 is 2.74 bits per heavy atom. The Bertz CT molecular complexity index is 445. The van der Waals surface area contributed by atoms with Crippen LogP contribution in [0.1, 0.15) is 35.8 Å². The molecule has 0 aliphatic carbocycles. The lowest BCUT2D eigenvalue weighted by Gasteiger charge is -2.25. The van der Waals surface area contributed by atoms with Crippen molar-refractivity contribution >= 4 is 23.2 Å². The monoisotopic (exact) mass is 286 g/mol. The molecule has 7 heteroatoms. The summed E-state index contributed by atoms with van der Waals surface area (Å²) in [6, 6.07) is -0.0700. The van der Waals surface area contributed by atoms with Gasteiger partial charge in [-0.2, -0.15) is 0 Å². The number of thiazole rings is 1. The van der Waals surface area contributed by atoms with Gasteiger partial charge in [0.15, 0.2) is 0 Å². The second-order valence-corrected chi connectivity index (χ2v) is 5.24. The van der Waals surface area contributed by atoms with E-state index in [-0.39, 0.29) is 24.9 Å². The van der Waals surface area contributed by atoms with Crippen LogP contribution < -0.4 is 0 Å². The first kappa shape index (κ1) is 15.6. The summed E-state index contributed by atoms with van der Waals surface area (Å²) in [5.41, 5.74) is 0.344. The van der Waals surface area contributed by atoms with Gasteiger partial charge >= 0.3 is 5.97 Å². The number of amides is 1. The van der Waals surface area contributed by atoms with E-state index in [1.165, 1.54) is 16.2 Å². The molecule has 0 aliphatic rings. The summed E-state index contributed by atoms with van der Waals surface area (Å²) in [5.74, 6) is -1.16. The molecule has 0 radical (unpaired) electrons. The van der Waals surface area contributed by atoms with Crippen LogP contribution in [0.3, 0.4) is 0 Å². The predicted molar refractivity (Wildman–Crippen MR) is 71.3 cm³/mol. The molecule has 0 saturated carbocycles. The highest BCUT2D eigenvalue weighted by Crippen LogP contribution is 2.14. The maximum atomic E-state index is 12.3. The van der Waals surface area contributed by atoms with Crippen LogP contribution in [0.5, 0.6) is 0 Å². The SMILES string of the molecule is COCc1nc(C(=O)N(CCC(=O)O)C(C)C)cs1. The van der Waals surface area contributed by atoms with Gasteiger partial charge in [0.2, 0.25) is 0 Å². The number of ether oxygens (including phenoxy) is 1. The van der Waals surface area contributed by atoms with Crippen molar-refractivity contribution in [2.24, 2.45) is 0 Å². The van der Waals surface area contributed by atoms with E-state index in [4.69, 9.17) is 9.84 Å².